The second-order valence-electron chi connectivity index (χ2n) is 5.22. The van der Waals surface area contributed by atoms with E-state index in [4.69, 9.17) is 4.74 Å². The highest BCUT2D eigenvalue weighted by atomic mass is 16.5. The highest BCUT2D eigenvalue weighted by Crippen LogP contribution is 2.20. The fourth-order valence-electron chi connectivity index (χ4n) is 2.49. The van der Waals surface area contributed by atoms with Gasteiger partial charge >= 0.3 is 5.97 Å². The van der Waals surface area contributed by atoms with Crippen molar-refractivity contribution in [2.45, 2.75) is 18.9 Å². The molecule has 0 N–H and O–H groups in total. The Bertz CT molecular complexity index is 586. The second kappa shape index (κ2) is 6.55. The Hall–Kier alpha value is -2.13. The summed E-state index contributed by atoms with van der Waals surface area (Å²) in [6, 6.07) is 17.7. The quantitative estimate of drug-likeness (QED) is 0.809. The number of benzene rings is 2. The molecule has 107 valence electrons. The fraction of sp³-hybridized carbons (Fsp3) is 0.278. The molecule has 1 aliphatic rings. The average Bonchev–Trinajstić information content (AvgIpc) is 2.57. The Morgan fingerprint density at radius 3 is 2.19 bits per heavy atom. The Morgan fingerprint density at radius 2 is 1.52 bits per heavy atom. The van der Waals surface area contributed by atoms with E-state index in [9.17, 15) is 4.79 Å². The number of hydrogen-bond acceptors (Lipinski definition) is 2. The lowest BCUT2D eigenvalue weighted by molar-refractivity contribution is 0.0227. The van der Waals surface area contributed by atoms with Crippen molar-refractivity contribution >= 4 is 5.97 Å². The van der Waals surface area contributed by atoms with Gasteiger partial charge in [-0.3, -0.25) is 0 Å². The van der Waals surface area contributed by atoms with Gasteiger partial charge in [0.2, 0.25) is 0 Å². The van der Waals surface area contributed by atoms with Crippen molar-refractivity contribution in [2.75, 3.05) is 13.1 Å². The van der Waals surface area contributed by atoms with Gasteiger partial charge in [0.05, 0.1) is 5.56 Å². The molecule has 0 aromatic heterocycles. The minimum Gasteiger partial charge on any atom is -0.459 e. The average molecular weight is 280 g/mol. The summed E-state index contributed by atoms with van der Waals surface area (Å²) in [6.07, 6.45) is 1.70. The van der Waals surface area contributed by atoms with Crippen LogP contribution in [0.1, 0.15) is 23.2 Å². The van der Waals surface area contributed by atoms with Crippen LogP contribution in [-0.2, 0) is 4.74 Å². The summed E-state index contributed by atoms with van der Waals surface area (Å²) in [5.41, 5.74) is 2.85. The standard InChI is InChI=1S/C18H18NO2/c20-18(21-17-10-12-19-13-11-17)16-8-6-15(7-9-16)14-4-2-1-3-5-14/h1-9,17H,10-13H2. The van der Waals surface area contributed by atoms with Crippen molar-refractivity contribution < 1.29 is 9.53 Å². The van der Waals surface area contributed by atoms with Crippen LogP contribution < -0.4 is 5.32 Å². The highest BCUT2D eigenvalue weighted by Gasteiger charge is 2.18. The van der Waals surface area contributed by atoms with Gasteiger partial charge in [0, 0.05) is 13.1 Å². The number of esters is 1. The van der Waals surface area contributed by atoms with E-state index in [1.165, 1.54) is 0 Å². The van der Waals surface area contributed by atoms with Crippen LogP contribution in [0.5, 0.6) is 0 Å². The molecule has 2 aromatic rings. The molecule has 1 aliphatic heterocycles. The summed E-state index contributed by atoms with van der Waals surface area (Å²) in [6.45, 7) is 1.59. The van der Waals surface area contributed by atoms with Gasteiger partial charge in [0.1, 0.15) is 6.10 Å². The van der Waals surface area contributed by atoms with Crippen molar-refractivity contribution in [3.63, 3.8) is 0 Å². The number of carbonyl (C=O) groups is 1. The molecule has 0 aliphatic carbocycles. The minimum atomic E-state index is -0.235. The van der Waals surface area contributed by atoms with Gasteiger partial charge in [-0.05, 0) is 36.1 Å². The van der Waals surface area contributed by atoms with Crippen LogP contribution in [0.3, 0.4) is 0 Å². The van der Waals surface area contributed by atoms with E-state index < -0.39 is 0 Å². The SMILES string of the molecule is O=C(OC1CC[N]CC1)c1ccc(-c2ccccc2)cc1. The van der Waals surface area contributed by atoms with Gasteiger partial charge in [0.25, 0.3) is 0 Å². The third-order valence-corrected chi connectivity index (χ3v) is 3.72. The lowest BCUT2D eigenvalue weighted by atomic mass is 10.0. The maximum Gasteiger partial charge on any atom is 0.338 e. The monoisotopic (exact) mass is 280 g/mol. The highest BCUT2D eigenvalue weighted by molar-refractivity contribution is 5.90. The lowest BCUT2D eigenvalue weighted by Gasteiger charge is -2.21. The van der Waals surface area contributed by atoms with Gasteiger partial charge in [-0.1, -0.05) is 42.5 Å². The summed E-state index contributed by atoms with van der Waals surface area (Å²) in [7, 11) is 0. The first kappa shape index (κ1) is 13.8. The predicted molar refractivity (Wildman–Crippen MR) is 82.2 cm³/mol. The van der Waals surface area contributed by atoms with E-state index >= 15 is 0 Å². The Kier molecular flexibility index (Phi) is 4.31. The third kappa shape index (κ3) is 3.50. The van der Waals surface area contributed by atoms with Crippen molar-refractivity contribution in [1.82, 2.24) is 5.32 Å². The molecule has 0 bridgehead atoms. The summed E-state index contributed by atoms with van der Waals surface area (Å²) in [5, 5.41) is 4.26. The van der Waals surface area contributed by atoms with E-state index in [0.29, 0.717) is 5.56 Å². The Balaban J connectivity index is 1.67. The number of hydrogen-bond donors (Lipinski definition) is 0. The number of carbonyl (C=O) groups excluding carboxylic acids is 1. The van der Waals surface area contributed by atoms with Crippen LogP contribution in [0, 0.1) is 0 Å². The Labute approximate surface area is 124 Å². The van der Waals surface area contributed by atoms with Crippen molar-refractivity contribution in [1.29, 1.82) is 0 Å². The molecule has 3 rings (SSSR count). The molecule has 1 radical (unpaired) electrons. The van der Waals surface area contributed by atoms with E-state index in [1.54, 1.807) is 0 Å². The molecule has 1 saturated heterocycles. The molecule has 3 nitrogen and oxygen atoms in total. The van der Waals surface area contributed by atoms with E-state index in [-0.39, 0.29) is 12.1 Å². The molecule has 2 aromatic carbocycles. The van der Waals surface area contributed by atoms with Gasteiger partial charge in [-0.2, -0.15) is 0 Å². The van der Waals surface area contributed by atoms with Crippen LogP contribution >= 0.6 is 0 Å². The van der Waals surface area contributed by atoms with Gasteiger partial charge in [-0.15, -0.1) is 0 Å². The summed E-state index contributed by atoms with van der Waals surface area (Å²) >= 11 is 0. The lowest BCUT2D eigenvalue weighted by Crippen LogP contribution is -2.30. The fourth-order valence-corrected chi connectivity index (χ4v) is 2.49. The smallest absolute Gasteiger partial charge is 0.338 e. The zero-order valence-corrected chi connectivity index (χ0v) is 11.9. The zero-order valence-electron chi connectivity index (χ0n) is 11.9. The maximum atomic E-state index is 12.1. The molecule has 1 fully saturated rings. The molecule has 0 unspecified atom stereocenters. The maximum absolute atomic E-state index is 12.1. The number of rotatable bonds is 3. The predicted octanol–water partition coefficient (Wildman–Crippen LogP) is 3.28. The molecular formula is C18H18NO2. The number of ether oxygens (including phenoxy) is 1. The van der Waals surface area contributed by atoms with Crippen LogP contribution in [0.2, 0.25) is 0 Å². The van der Waals surface area contributed by atoms with Crippen LogP contribution in [0.4, 0.5) is 0 Å². The zero-order chi connectivity index (χ0) is 14.5. The molecule has 0 atom stereocenters. The summed E-state index contributed by atoms with van der Waals surface area (Å²) in [5.74, 6) is -0.235. The first-order valence-corrected chi connectivity index (χ1v) is 7.32. The van der Waals surface area contributed by atoms with Crippen LogP contribution in [0.15, 0.2) is 54.6 Å². The number of piperidine rings is 1. The first-order valence-electron chi connectivity index (χ1n) is 7.32. The normalized spacial score (nSPS) is 15.6. The van der Waals surface area contributed by atoms with E-state index in [2.05, 4.69) is 17.4 Å². The topological polar surface area (TPSA) is 40.4 Å². The number of nitrogens with zero attached hydrogens (tertiary/aromatic N) is 1. The first-order chi connectivity index (χ1) is 10.3. The molecule has 3 heteroatoms. The second-order valence-corrected chi connectivity index (χ2v) is 5.22. The van der Waals surface area contributed by atoms with Crippen molar-refractivity contribution in [3.8, 4) is 11.1 Å². The molecule has 1 heterocycles. The van der Waals surface area contributed by atoms with Gasteiger partial charge in [0.15, 0.2) is 0 Å². The molecule has 0 amide bonds. The molecular weight excluding hydrogens is 262 g/mol. The molecule has 0 spiro atoms. The third-order valence-electron chi connectivity index (χ3n) is 3.72. The molecule has 21 heavy (non-hydrogen) atoms. The van der Waals surface area contributed by atoms with Crippen LogP contribution in [-0.4, -0.2) is 25.2 Å². The summed E-state index contributed by atoms with van der Waals surface area (Å²) in [4.78, 5) is 12.1. The van der Waals surface area contributed by atoms with Gasteiger partial charge < -0.3 is 4.74 Å². The van der Waals surface area contributed by atoms with Crippen molar-refractivity contribution in [3.05, 3.63) is 60.2 Å². The van der Waals surface area contributed by atoms with E-state index in [0.717, 1.165) is 37.1 Å². The largest absolute Gasteiger partial charge is 0.459 e. The molecule has 0 saturated carbocycles. The Morgan fingerprint density at radius 1 is 0.905 bits per heavy atom. The van der Waals surface area contributed by atoms with Crippen LogP contribution in [0.25, 0.3) is 11.1 Å². The summed E-state index contributed by atoms with van der Waals surface area (Å²) < 4.78 is 5.52. The minimum absolute atomic E-state index is 0.0174. The van der Waals surface area contributed by atoms with Gasteiger partial charge in [-0.25, -0.2) is 10.1 Å². The van der Waals surface area contributed by atoms with E-state index in [1.807, 2.05) is 42.5 Å². The van der Waals surface area contributed by atoms with Crippen molar-refractivity contribution in [2.24, 2.45) is 0 Å².